The van der Waals surface area contributed by atoms with Crippen LogP contribution in [0.5, 0.6) is 5.75 Å². The van der Waals surface area contributed by atoms with Gasteiger partial charge in [-0.05, 0) is 54.7 Å². The number of benzene rings is 1. The Morgan fingerprint density at radius 1 is 0.920 bits per heavy atom. The van der Waals surface area contributed by atoms with Crippen LogP contribution < -0.4 is 4.74 Å². The van der Waals surface area contributed by atoms with Crippen LogP contribution in [0.15, 0.2) is 42.6 Å². The molecule has 0 bridgehead atoms. The Balaban J connectivity index is 1.84. The van der Waals surface area contributed by atoms with Crippen molar-refractivity contribution >= 4 is 0 Å². The number of aryl methyl sites for hydroxylation is 1. The second-order valence-electron chi connectivity index (χ2n) is 7.06. The fraction of sp³-hybridized carbons (Fsp3) is 0.522. The van der Waals surface area contributed by atoms with Crippen LogP contribution in [0.25, 0.3) is 11.3 Å². The summed E-state index contributed by atoms with van der Waals surface area (Å²) in [7, 11) is 0. The van der Waals surface area contributed by atoms with Gasteiger partial charge in [0, 0.05) is 11.8 Å². The number of rotatable bonds is 11. The minimum Gasteiger partial charge on any atom is -0.493 e. The van der Waals surface area contributed by atoms with Gasteiger partial charge in [0.15, 0.2) is 0 Å². The zero-order valence-corrected chi connectivity index (χ0v) is 16.1. The highest BCUT2D eigenvalue weighted by atomic mass is 16.5. The quantitative estimate of drug-likeness (QED) is 0.426. The molecule has 2 rings (SSSR count). The molecule has 0 radical (unpaired) electrons. The fourth-order valence-corrected chi connectivity index (χ4v) is 2.75. The standard InChI is InChI=1S/C23H33NO/c1-4-6-7-8-9-10-20-11-16-23(24-17-20)21-12-14-22(15-13-21)25-18-19(3)5-2/h11-17,19H,4-10,18H2,1-3H3. The van der Waals surface area contributed by atoms with Crippen molar-refractivity contribution in [2.45, 2.75) is 65.7 Å². The summed E-state index contributed by atoms with van der Waals surface area (Å²) in [5.74, 6) is 1.53. The van der Waals surface area contributed by atoms with E-state index in [-0.39, 0.29) is 0 Å². The van der Waals surface area contributed by atoms with Gasteiger partial charge in [-0.1, -0.05) is 58.9 Å². The Morgan fingerprint density at radius 3 is 2.32 bits per heavy atom. The summed E-state index contributed by atoms with van der Waals surface area (Å²) >= 11 is 0. The second-order valence-corrected chi connectivity index (χ2v) is 7.06. The van der Waals surface area contributed by atoms with Crippen LogP contribution in [0.2, 0.25) is 0 Å². The van der Waals surface area contributed by atoms with Crippen LogP contribution >= 0.6 is 0 Å². The molecule has 1 aromatic carbocycles. The number of hydrogen-bond acceptors (Lipinski definition) is 2. The molecular weight excluding hydrogens is 306 g/mol. The lowest BCUT2D eigenvalue weighted by Crippen LogP contribution is -2.06. The number of hydrogen-bond donors (Lipinski definition) is 0. The lowest BCUT2D eigenvalue weighted by molar-refractivity contribution is 0.256. The molecule has 1 heterocycles. The maximum Gasteiger partial charge on any atom is 0.119 e. The molecule has 0 amide bonds. The Morgan fingerprint density at radius 2 is 1.68 bits per heavy atom. The maximum atomic E-state index is 5.82. The molecule has 2 nitrogen and oxygen atoms in total. The van der Waals surface area contributed by atoms with Gasteiger partial charge in [0.2, 0.25) is 0 Å². The van der Waals surface area contributed by atoms with Gasteiger partial charge in [0.25, 0.3) is 0 Å². The Kier molecular flexibility index (Phi) is 8.51. The fourth-order valence-electron chi connectivity index (χ4n) is 2.75. The molecule has 136 valence electrons. The molecule has 1 aromatic heterocycles. The van der Waals surface area contributed by atoms with E-state index in [0.717, 1.165) is 36.5 Å². The zero-order valence-electron chi connectivity index (χ0n) is 16.1. The van der Waals surface area contributed by atoms with E-state index in [1.165, 1.54) is 37.7 Å². The molecule has 25 heavy (non-hydrogen) atoms. The van der Waals surface area contributed by atoms with Gasteiger partial charge in [0.05, 0.1) is 12.3 Å². The highest BCUT2D eigenvalue weighted by Gasteiger charge is 2.03. The average molecular weight is 340 g/mol. The molecule has 0 spiro atoms. The van der Waals surface area contributed by atoms with Gasteiger partial charge < -0.3 is 4.74 Å². The topological polar surface area (TPSA) is 22.1 Å². The van der Waals surface area contributed by atoms with Gasteiger partial charge in [0.1, 0.15) is 5.75 Å². The first-order valence-electron chi connectivity index (χ1n) is 9.91. The van der Waals surface area contributed by atoms with E-state index in [1.807, 2.05) is 18.3 Å². The van der Waals surface area contributed by atoms with Gasteiger partial charge >= 0.3 is 0 Å². The van der Waals surface area contributed by atoms with Crippen molar-refractivity contribution in [2.75, 3.05) is 6.61 Å². The summed E-state index contributed by atoms with van der Waals surface area (Å²) in [5.41, 5.74) is 3.52. The predicted octanol–water partition coefficient (Wildman–Crippen LogP) is 6.69. The summed E-state index contributed by atoms with van der Waals surface area (Å²) in [6, 6.07) is 12.6. The van der Waals surface area contributed by atoms with E-state index >= 15 is 0 Å². The summed E-state index contributed by atoms with van der Waals surface area (Å²) < 4.78 is 5.82. The van der Waals surface area contributed by atoms with Crippen LogP contribution in [0.3, 0.4) is 0 Å². The summed E-state index contributed by atoms with van der Waals surface area (Å²) in [6.45, 7) is 7.44. The molecule has 0 aliphatic carbocycles. The molecule has 2 aromatic rings. The number of nitrogens with zero attached hydrogens (tertiary/aromatic N) is 1. The Bertz CT molecular complexity index is 588. The second kappa shape index (κ2) is 10.9. The summed E-state index contributed by atoms with van der Waals surface area (Å²) in [4.78, 5) is 4.64. The number of ether oxygens (including phenoxy) is 1. The predicted molar refractivity (Wildman–Crippen MR) is 107 cm³/mol. The van der Waals surface area contributed by atoms with Crippen molar-refractivity contribution in [1.29, 1.82) is 0 Å². The van der Waals surface area contributed by atoms with Crippen molar-refractivity contribution in [3.8, 4) is 17.0 Å². The first-order chi connectivity index (χ1) is 12.2. The molecule has 2 heteroatoms. The van der Waals surface area contributed by atoms with E-state index in [0.29, 0.717) is 5.92 Å². The first kappa shape index (κ1) is 19.5. The third-order valence-corrected chi connectivity index (χ3v) is 4.78. The van der Waals surface area contributed by atoms with Crippen molar-refractivity contribution < 1.29 is 4.74 Å². The molecule has 0 saturated heterocycles. The molecule has 0 fully saturated rings. The van der Waals surface area contributed by atoms with E-state index in [4.69, 9.17) is 4.74 Å². The normalized spacial score (nSPS) is 12.1. The molecule has 0 aliphatic rings. The average Bonchev–Trinajstić information content (AvgIpc) is 2.67. The molecule has 0 N–H and O–H groups in total. The number of aromatic nitrogens is 1. The van der Waals surface area contributed by atoms with Crippen molar-refractivity contribution in [3.63, 3.8) is 0 Å². The van der Waals surface area contributed by atoms with Crippen LogP contribution in [-0.2, 0) is 6.42 Å². The highest BCUT2D eigenvalue weighted by Crippen LogP contribution is 2.22. The molecule has 1 atom stereocenters. The monoisotopic (exact) mass is 339 g/mol. The molecule has 0 aliphatic heterocycles. The highest BCUT2D eigenvalue weighted by molar-refractivity contribution is 5.60. The Labute approximate surface area is 153 Å². The van der Waals surface area contributed by atoms with Crippen molar-refractivity contribution in [1.82, 2.24) is 4.98 Å². The van der Waals surface area contributed by atoms with Crippen molar-refractivity contribution in [2.24, 2.45) is 5.92 Å². The maximum absolute atomic E-state index is 5.82. The van der Waals surface area contributed by atoms with E-state index in [9.17, 15) is 0 Å². The van der Waals surface area contributed by atoms with Gasteiger partial charge in [-0.25, -0.2) is 0 Å². The molecule has 0 saturated carbocycles. The smallest absolute Gasteiger partial charge is 0.119 e. The van der Waals surface area contributed by atoms with Gasteiger partial charge in [-0.2, -0.15) is 0 Å². The number of unbranched alkanes of at least 4 members (excludes halogenated alkanes) is 4. The lowest BCUT2D eigenvalue weighted by Gasteiger charge is -2.11. The van der Waals surface area contributed by atoms with Gasteiger partial charge in [-0.15, -0.1) is 0 Å². The summed E-state index contributed by atoms with van der Waals surface area (Å²) in [5, 5.41) is 0. The van der Waals surface area contributed by atoms with Crippen molar-refractivity contribution in [3.05, 3.63) is 48.2 Å². The molecule has 1 unspecified atom stereocenters. The van der Waals surface area contributed by atoms with E-state index in [2.05, 4.69) is 50.0 Å². The minimum absolute atomic E-state index is 0.593. The van der Waals surface area contributed by atoms with E-state index < -0.39 is 0 Å². The zero-order chi connectivity index (χ0) is 17.9. The van der Waals surface area contributed by atoms with Crippen LogP contribution in [0, 0.1) is 5.92 Å². The summed E-state index contributed by atoms with van der Waals surface area (Å²) in [6.07, 6.45) is 10.9. The third kappa shape index (κ3) is 6.89. The number of pyridine rings is 1. The van der Waals surface area contributed by atoms with Crippen LogP contribution in [0.4, 0.5) is 0 Å². The Hall–Kier alpha value is -1.83. The van der Waals surface area contributed by atoms with Gasteiger partial charge in [-0.3, -0.25) is 4.98 Å². The van der Waals surface area contributed by atoms with Crippen LogP contribution in [-0.4, -0.2) is 11.6 Å². The van der Waals surface area contributed by atoms with Crippen LogP contribution in [0.1, 0.15) is 64.9 Å². The minimum atomic E-state index is 0.593. The van der Waals surface area contributed by atoms with E-state index in [1.54, 1.807) is 0 Å². The largest absolute Gasteiger partial charge is 0.493 e. The first-order valence-corrected chi connectivity index (χ1v) is 9.91. The molecular formula is C23H33NO. The SMILES string of the molecule is CCCCCCCc1ccc(-c2ccc(OCC(C)CC)cc2)nc1. The lowest BCUT2D eigenvalue weighted by atomic mass is 10.1. The third-order valence-electron chi connectivity index (χ3n) is 4.78.